The van der Waals surface area contributed by atoms with E-state index in [0.29, 0.717) is 0 Å². The third kappa shape index (κ3) is 3.52. The summed E-state index contributed by atoms with van der Waals surface area (Å²) in [6.45, 7) is 4.12. The van der Waals surface area contributed by atoms with Gasteiger partial charge in [-0.05, 0) is 61.0 Å². The van der Waals surface area contributed by atoms with Crippen molar-refractivity contribution >= 4 is 22.9 Å². The first-order valence-electron chi connectivity index (χ1n) is 10.5. The number of hydrogen-bond acceptors (Lipinski definition) is 3. The summed E-state index contributed by atoms with van der Waals surface area (Å²) in [4.78, 5) is 18.6. The summed E-state index contributed by atoms with van der Waals surface area (Å²) in [5.41, 5.74) is 4.00. The Labute approximate surface area is 176 Å². The number of amides is 1. The molecule has 5 rings (SSSR count). The molecule has 3 nitrogen and oxygen atoms in total. The molecule has 2 aromatic carbocycles. The molecule has 0 saturated carbocycles. The first kappa shape index (κ1) is 18.6. The molecule has 2 aliphatic heterocycles. The van der Waals surface area contributed by atoms with E-state index in [0.717, 1.165) is 56.0 Å². The number of likely N-dealkylation sites (tertiary alicyclic amines) is 1. The number of anilines is 1. The van der Waals surface area contributed by atoms with Gasteiger partial charge in [0.1, 0.15) is 0 Å². The van der Waals surface area contributed by atoms with Crippen LogP contribution in [0.25, 0.3) is 0 Å². The van der Waals surface area contributed by atoms with Crippen molar-refractivity contribution in [2.45, 2.75) is 24.7 Å². The SMILES string of the molecule is O=C(c1cccs1)N1CC2(CCN(CCc3ccccc3)CC2)c2ccccc21. The van der Waals surface area contributed by atoms with Crippen LogP contribution in [0.5, 0.6) is 0 Å². The van der Waals surface area contributed by atoms with Gasteiger partial charge in [0.25, 0.3) is 5.91 Å². The second-order valence-corrected chi connectivity index (χ2v) is 9.19. The van der Waals surface area contributed by atoms with Crippen LogP contribution in [-0.4, -0.2) is 37.0 Å². The number of hydrogen-bond donors (Lipinski definition) is 0. The van der Waals surface area contributed by atoms with Gasteiger partial charge < -0.3 is 9.80 Å². The van der Waals surface area contributed by atoms with Gasteiger partial charge in [-0.2, -0.15) is 0 Å². The van der Waals surface area contributed by atoms with Gasteiger partial charge in [-0.1, -0.05) is 54.6 Å². The summed E-state index contributed by atoms with van der Waals surface area (Å²) in [6.07, 6.45) is 3.34. The highest BCUT2D eigenvalue weighted by atomic mass is 32.1. The van der Waals surface area contributed by atoms with Gasteiger partial charge in [0, 0.05) is 24.2 Å². The third-order valence-electron chi connectivity index (χ3n) is 6.58. The zero-order valence-corrected chi connectivity index (χ0v) is 17.4. The maximum atomic E-state index is 13.1. The van der Waals surface area contributed by atoms with Gasteiger partial charge in [-0.25, -0.2) is 0 Å². The first-order chi connectivity index (χ1) is 14.3. The molecule has 0 unspecified atom stereocenters. The Morgan fingerprint density at radius 2 is 1.69 bits per heavy atom. The second-order valence-electron chi connectivity index (χ2n) is 8.24. The summed E-state index contributed by atoms with van der Waals surface area (Å²) < 4.78 is 0. The van der Waals surface area contributed by atoms with E-state index in [1.165, 1.54) is 22.5 Å². The second kappa shape index (κ2) is 7.77. The number of carbonyl (C=O) groups excluding carboxylic acids is 1. The van der Waals surface area contributed by atoms with E-state index in [2.05, 4.69) is 59.5 Å². The Kier molecular flexibility index (Phi) is 4.98. The molecule has 3 aromatic rings. The smallest absolute Gasteiger partial charge is 0.268 e. The topological polar surface area (TPSA) is 23.6 Å². The van der Waals surface area contributed by atoms with Crippen LogP contribution in [0.4, 0.5) is 5.69 Å². The van der Waals surface area contributed by atoms with Gasteiger partial charge >= 0.3 is 0 Å². The molecule has 3 heterocycles. The Hall–Kier alpha value is -2.43. The number of piperidine rings is 1. The molecule has 1 aromatic heterocycles. The fraction of sp³-hybridized carbons (Fsp3) is 0.320. The predicted octanol–water partition coefficient (Wildman–Crippen LogP) is 4.98. The average molecular weight is 403 g/mol. The zero-order valence-electron chi connectivity index (χ0n) is 16.6. The summed E-state index contributed by atoms with van der Waals surface area (Å²) in [5.74, 6) is 0.149. The number of fused-ring (bicyclic) bond motifs is 2. The van der Waals surface area contributed by atoms with E-state index in [1.54, 1.807) is 0 Å². The number of rotatable bonds is 4. The lowest BCUT2D eigenvalue weighted by Crippen LogP contribution is -2.46. The van der Waals surface area contributed by atoms with Crippen LogP contribution in [0.1, 0.15) is 33.6 Å². The van der Waals surface area contributed by atoms with Crippen molar-refractivity contribution in [2.75, 3.05) is 31.1 Å². The number of benzene rings is 2. The highest BCUT2D eigenvalue weighted by Crippen LogP contribution is 2.47. The van der Waals surface area contributed by atoms with Crippen molar-refractivity contribution in [2.24, 2.45) is 0 Å². The van der Waals surface area contributed by atoms with Crippen molar-refractivity contribution in [1.29, 1.82) is 0 Å². The van der Waals surface area contributed by atoms with Crippen LogP contribution in [0.2, 0.25) is 0 Å². The van der Waals surface area contributed by atoms with Gasteiger partial charge in [-0.15, -0.1) is 11.3 Å². The third-order valence-corrected chi connectivity index (χ3v) is 7.43. The average Bonchev–Trinajstić information content (AvgIpc) is 3.42. The first-order valence-corrected chi connectivity index (χ1v) is 11.3. The van der Waals surface area contributed by atoms with Crippen molar-refractivity contribution in [1.82, 2.24) is 4.90 Å². The van der Waals surface area contributed by atoms with Crippen molar-refractivity contribution in [3.63, 3.8) is 0 Å². The van der Waals surface area contributed by atoms with Crippen LogP contribution in [0.15, 0.2) is 72.1 Å². The van der Waals surface area contributed by atoms with Crippen LogP contribution in [-0.2, 0) is 11.8 Å². The van der Waals surface area contributed by atoms with Crippen LogP contribution >= 0.6 is 11.3 Å². The van der Waals surface area contributed by atoms with E-state index in [-0.39, 0.29) is 11.3 Å². The molecule has 0 atom stereocenters. The lowest BCUT2D eigenvalue weighted by atomic mass is 9.74. The zero-order chi connectivity index (χ0) is 19.7. The largest absolute Gasteiger partial charge is 0.306 e. The molecule has 0 N–H and O–H groups in total. The molecule has 1 saturated heterocycles. The van der Waals surface area contributed by atoms with Gasteiger partial charge in [-0.3, -0.25) is 4.79 Å². The Balaban J connectivity index is 1.31. The maximum Gasteiger partial charge on any atom is 0.268 e. The van der Waals surface area contributed by atoms with Crippen molar-refractivity contribution in [3.05, 3.63) is 88.1 Å². The van der Waals surface area contributed by atoms with Crippen LogP contribution in [0.3, 0.4) is 0 Å². The van der Waals surface area contributed by atoms with Crippen LogP contribution < -0.4 is 4.90 Å². The highest BCUT2D eigenvalue weighted by Gasteiger charge is 2.46. The lowest BCUT2D eigenvalue weighted by molar-refractivity contribution is 0.0980. The molecule has 4 heteroatoms. The summed E-state index contributed by atoms with van der Waals surface area (Å²) in [5, 5.41) is 1.98. The minimum Gasteiger partial charge on any atom is -0.306 e. The van der Waals surface area contributed by atoms with Crippen molar-refractivity contribution < 1.29 is 4.79 Å². The molecular weight excluding hydrogens is 376 g/mol. The van der Waals surface area contributed by atoms with E-state index < -0.39 is 0 Å². The number of nitrogens with zero attached hydrogens (tertiary/aromatic N) is 2. The Morgan fingerprint density at radius 1 is 0.931 bits per heavy atom. The molecule has 29 heavy (non-hydrogen) atoms. The van der Waals surface area contributed by atoms with Gasteiger partial charge in [0.15, 0.2) is 0 Å². The van der Waals surface area contributed by atoms with E-state index >= 15 is 0 Å². The summed E-state index contributed by atoms with van der Waals surface area (Å²) in [6, 6.07) is 23.2. The van der Waals surface area contributed by atoms with Gasteiger partial charge in [0.2, 0.25) is 0 Å². The molecule has 0 radical (unpaired) electrons. The normalized spacial score (nSPS) is 18.1. The monoisotopic (exact) mass is 402 g/mol. The summed E-state index contributed by atoms with van der Waals surface area (Å²) in [7, 11) is 0. The summed E-state index contributed by atoms with van der Waals surface area (Å²) >= 11 is 1.53. The highest BCUT2D eigenvalue weighted by molar-refractivity contribution is 7.12. The fourth-order valence-electron chi connectivity index (χ4n) is 4.91. The number of para-hydroxylation sites is 1. The quantitative estimate of drug-likeness (QED) is 0.614. The molecule has 1 fully saturated rings. The molecule has 1 amide bonds. The Morgan fingerprint density at radius 3 is 2.45 bits per heavy atom. The minimum atomic E-state index is 0.104. The minimum absolute atomic E-state index is 0.104. The fourth-order valence-corrected chi connectivity index (χ4v) is 5.58. The van der Waals surface area contributed by atoms with E-state index in [9.17, 15) is 4.79 Å². The van der Waals surface area contributed by atoms with Crippen LogP contribution in [0, 0.1) is 0 Å². The molecule has 0 bridgehead atoms. The van der Waals surface area contributed by atoms with Crippen molar-refractivity contribution in [3.8, 4) is 0 Å². The van der Waals surface area contributed by atoms with Gasteiger partial charge in [0.05, 0.1) is 4.88 Å². The maximum absolute atomic E-state index is 13.1. The molecular formula is C25H26N2OS. The number of thiophene rings is 1. The molecule has 0 aliphatic carbocycles. The number of carbonyl (C=O) groups is 1. The molecule has 148 valence electrons. The lowest BCUT2D eigenvalue weighted by Gasteiger charge is -2.40. The standard InChI is InChI=1S/C25H26N2OS/c28-24(23-11-6-18-29-23)27-19-25(21-9-4-5-10-22(21)27)13-16-26(17-14-25)15-12-20-7-2-1-3-8-20/h1-11,18H,12-17,19H2. The molecule has 2 aliphatic rings. The molecule has 1 spiro atoms. The van der Waals surface area contributed by atoms with E-state index in [1.807, 2.05) is 22.4 Å². The Bertz CT molecular complexity index is 975. The predicted molar refractivity (Wildman–Crippen MR) is 120 cm³/mol. The van der Waals surface area contributed by atoms with E-state index in [4.69, 9.17) is 0 Å².